The summed E-state index contributed by atoms with van der Waals surface area (Å²) in [4.78, 5) is 23.5. The molecule has 0 N–H and O–H groups in total. The highest BCUT2D eigenvalue weighted by Crippen LogP contribution is 2.21. The molecule has 144 valence electrons. The van der Waals surface area contributed by atoms with E-state index in [1.807, 2.05) is 69.6 Å². The van der Waals surface area contributed by atoms with E-state index in [-0.39, 0.29) is 11.9 Å². The fourth-order valence-electron chi connectivity index (χ4n) is 3.03. The Morgan fingerprint density at radius 3 is 2.57 bits per heavy atom. The zero-order chi connectivity index (χ0) is 20.1. The molecule has 0 aliphatic rings. The average Bonchev–Trinajstić information content (AvgIpc) is 2.73. The van der Waals surface area contributed by atoms with Crippen LogP contribution in [0.2, 0.25) is 0 Å². The highest BCUT2D eigenvalue weighted by Gasteiger charge is 2.18. The van der Waals surface area contributed by atoms with Crippen LogP contribution in [-0.4, -0.2) is 41.0 Å². The van der Waals surface area contributed by atoms with Crippen LogP contribution in [0.3, 0.4) is 0 Å². The molecule has 0 unspecified atom stereocenters. The summed E-state index contributed by atoms with van der Waals surface area (Å²) in [6, 6.07) is 17.2. The maximum absolute atomic E-state index is 12.9. The number of pyridine rings is 2. The molecule has 3 rings (SSSR count). The number of hydrogen-bond donors (Lipinski definition) is 0. The van der Waals surface area contributed by atoms with Gasteiger partial charge in [-0.15, -0.1) is 0 Å². The summed E-state index contributed by atoms with van der Waals surface area (Å²) in [7, 11) is 3.43. The first-order valence-corrected chi connectivity index (χ1v) is 9.28. The number of amides is 1. The first-order valence-electron chi connectivity index (χ1n) is 9.28. The predicted octanol–water partition coefficient (Wildman–Crippen LogP) is 4.16. The van der Waals surface area contributed by atoms with Crippen molar-refractivity contribution in [2.75, 3.05) is 14.2 Å². The van der Waals surface area contributed by atoms with E-state index in [2.05, 4.69) is 16.0 Å². The molecule has 1 aromatic carbocycles. The van der Waals surface area contributed by atoms with Crippen LogP contribution in [0.4, 0.5) is 0 Å². The summed E-state index contributed by atoms with van der Waals surface area (Å²) in [6.45, 7) is 4.08. The lowest BCUT2D eigenvalue weighted by molar-refractivity contribution is 0.0743. The predicted molar refractivity (Wildman–Crippen MR) is 110 cm³/mol. The molecule has 2 heterocycles. The standard InChI is InChI=1S/C23H25N3O2/c1-16-12-13-24-20(14-16)15-17(2)26(3)23(27)19-10-8-18(9-11-19)21-6-5-7-22(25-21)28-4/h5-14,17H,15H2,1-4H3/t17-/m1/s1. The molecule has 1 atom stereocenters. The van der Waals surface area contributed by atoms with Crippen molar-refractivity contribution in [3.05, 3.63) is 77.6 Å². The highest BCUT2D eigenvalue weighted by molar-refractivity contribution is 5.94. The molecule has 0 spiro atoms. The Hall–Kier alpha value is -3.21. The molecule has 1 amide bonds. The van der Waals surface area contributed by atoms with Crippen LogP contribution < -0.4 is 4.74 Å². The van der Waals surface area contributed by atoms with Crippen LogP contribution in [-0.2, 0) is 6.42 Å². The first kappa shape index (κ1) is 19.5. The molecule has 28 heavy (non-hydrogen) atoms. The molecule has 0 aliphatic carbocycles. The molecule has 0 aliphatic heterocycles. The second-order valence-corrected chi connectivity index (χ2v) is 6.94. The molecule has 0 radical (unpaired) electrons. The van der Waals surface area contributed by atoms with Crippen LogP contribution in [0.25, 0.3) is 11.3 Å². The topological polar surface area (TPSA) is 55.3 Å². The van der Waals surface area contributed by atoms with Gasteiger partial charge in [0.05, 0.1) is 12.8 Å². The van der Waals surface area contributed by atoms with Crippen LogP contribution in [0.5, 0.6) is 5.88 Å². The quantitative estimate of drug-likeness (QED) is 0.649. The third-order valence-corrected chi connectivity index (χ3v) is 4.82. The van der Waals surface area contributed by atoms with Crippen LogP contribution in [0, 0.1) is 6.92 Å². The highest BCUT2D eigenvalue weighted by atomic mass is 16.5. The first-order chi connectivity index (χ1) is 13.5. The second kappa shape index (κ2) is 8.65. The number of nitrogens with zero attached hydrogens (tertiary/aromatic N) is 3. The van der Waals surface area contributed by atoms with Gasteiger partial charge in [0, 0.05) is 48.6 Å². The van der Waals surface area contributed by atoms with Gasteiger partial charge in [-0.05, 0) is 49.7 Å². The molecule has 0 bridgehead atoms. The lowest BCUT2D eigenvalue weighted by Crippen LogP contribution is -2.36. The van der Waals surface area contributed by atoms with E-state index in [1.54, 1.807) is 18.1 Å². The van der Waals surface area contributed by atoms with Crippen molar-refractivity contribution in [2.24, 2.45) is 0 Å². The number of ether oxygens (including phenoxy) is 1. The SMILES string of the molecule is COc1cccc(-c2ccc(C(=O)N(C)[C@H](C)Cc3cc(C)ccn3)cc2)n1. The Labute approximate surface area is 166 Å². The molecular formula is C23H25N3O2. The largest absolute Gasteiger partial charge is 0.481 e. The monoisotopic (exact) mass is 375 g/mol. The van der Waals surface area contributed by atoms with Gasteiger partial charge in [0.2, 0.25) is 5.88 Å². The summed E-state index contributed by atoms with van der Waals surface area (Å²) in [5.41, 5.74) is 4.57. The zero-order valence-corrected chi connectivity index (χ0v) is 16.7. The molecule has 2 aromatic heterocycles. The fourth-order valence-corrected chi connectivity index (χ4v) is 3.03. The summed E-state index contributed by atoms with van der Waals surface area (Å²) >= 11 is 0. The number of carbonyl (C=O) groups is 1. The van der Waals surface area contributed by atoms with Crippen molar-refractivity contribution in [3.63, 3.8) is 0 Å². The molecule has 0 saturated carbocycles. The number of methoxy groups -OCH3 is 1. The number of benzene rings is 1. The van der Waals surface area contributed by atoms with E-state index in [9.17, 15) is 4.79 Å². The fraction of sp³-hybridized carbons (Fsp3) is 0.261. The van der Waals surface area contributed by atoms with Crippen molar-refractivity contribution >= 4 is 5.91 Å². The Kier molecular flexibility index (Phi) is 6.04. The van der Waals surface area contributed by atoms with Gasteiger partial charge in [0.25, 0.3) is 5.91 Å². The number of carbonyl (C=O) groups excluding carboxylic acids is 1. The smallest absolute Gasteiger partial charge is 0.253 e. The lowest BCUT2D eigenvalue weighted by atomic mass is 10.1. The van der Waals surface area contributed by atoms with Gasteiger partial charge in [-0.3, -0.25) is 9.78 Å². The molecule has 3 aromatic rings. The minimum atomic E-state index is -0.00898. The van der Waals surface area contributed by atoms with Gasteiger partial charge in [0.1, 0.15) is 0 Å². The van der Waals surface area contributed by atoms with Gasteiger partial charge in [-0.25, -0.2) is 4.98 Å². The van der Waals surface area contributed by atoms with Crippen molar-refractivity contribution in [1.29, 1.82) is 0 Å². The molecule has 5 heteroatoms. The van der Waals surface area contributed by atoms with Crippen LogP contribution in [0.1, 0.15) is 28.5 Å². The molecule has 0 fully saturated rings. The Balaban J connectivity index is 1.71. The van der Waals surface area contributed by atoms with Crippen LogP contribution >= 0.6 is 0 Å². The van der Waals surface area contributed by atoms with Gasteiger partial charge >= 0.3 is 0 Å². The van der Waals surface area contributed by atoms with E-state index < -0.39 is 0 Å². The van der Waals surface area contributed by atoms with Gasteiger partial charge < -0.3 is 9.64 Å². The van der Waals surface area contributed by atoms with E-state index in [4.69, 9.17) is 4.74 Å². The third kappa shape index (κ3) is 4.55. The van der Waals surface area contributed by atoms with Crippen molar-refractivity contribution in [2.45, 2.75) is 26.3 Å². The lowest BCUT2D eigenvalue weighted by Gasteiger charge is -2.25. The normalized spacial score (nSPS) is 11.7. The minimum Gasteiger partial charge on any atom is -0.481 e. The second-order valence-electron chi connectivity index (χ2n) is 6.94. The van der Waals surface area contributed by atoms with E-state index in [0.717, 1.165) is 23.4 Å². The number of rotatable bonds is 6. The van der Waals surface area contributed by atoms with Crippen molar-refractivity contribution in [3.8, 4) is 17.1 Å². The average molecular weight is 375 g/mol. The van der Waals surface area contributed by atoms with E-state index >= 15 is 0 Å². The van der Waals surface area contributed by atoms with Gasteiger partial charge in [-0.1, -0.05) is 18.2 Å². The number of aromatic nitrogens is 2. The summed E-state index contributed by atoms with van der Waals surface area (Å²) in [5.74, 6) is 0.557. The molecule has 5 nitrogen and oxygen atoms in total. The number of likely N-dealkylation sites (N-methyl/N-ethyl adjacent to an activating group) is 1. The Morgan fingerprint density at radius 2 is 1.89 bits per heavy atom. The zero-order valence-electron chi connectivity index (χ0n) is 16.7. The van der Waals surface area contributed by atoms with Crippen LogP contribution in [0.15, 0.2) is 60.8 Å². The van der Waals surface area contributed by atoms with Gasteiger partial charge in [-0.2, -0.15) is 0 Å². The van der Waals surface area contributed by atoms with Crippen molar-refractivity contribution in [1.82, 2.24) is 14.9 Å². The summed E-state index contributed by atoms with van der Waals surface area (Å²) in [6.07, 6.45) is 2.53. The number of hydrogen-bond acceptors (Lipinski definition) is 4. The summed E-state index contributed by atoms with van der Waals surface area (Å²) < 4.78 is 5.18. The number of aryl methyl sites for hydroxylation is 1. The molecule has 0 saturated heterocycles. The Morgan fingerprint density at radius 1 is 1.14 bits per heavy atom. The minimum absolute atomic E-state index is 0.00898. The van der Waals surface area contributed by atoms with Crippen molar-refractivity contribution < 1.29 is 9.53 Å². The molecular weight excluding hydrogens is 350 g/mol. The van der Waals surface area contributed by atoms with E-state index in [1.165, 1.54) is 5.56 Å². The van der Waals surface area contributed by atoms with E-state index in [0.29, 0.717) is 11.4 Å². The Bertz CT molecular complexity index is 954. The maximum atomic E-state index is 12.9. The maximum Gasteiger partial charge on any atom is 0.253 e. The summed E-state index contributed by atoms with van der Waals surface area (Å²) in [5, 5.41) is 0. The third-order valence-electron chi connectivity index (χ3n) is 4.82. The van der Waals surface area contributed by atoms with Gasteiger partial charge in [0.15, 0.2) is 0 Å².